The molecule has 0 saturated carbocycles. The van der Waals surface area contributed by atoms with Crippen molar-refractivity contribution in [1.82, 2.24) is 14.5 Å². The quantitative estimate of drug-likeness (QED) is 0.234. The van der Waals surface area contributed by atoms with Gasteiger partial charge < -0.3 is 24.2 Å². The molecule has 2 N–H and O–H groups in total. The van der Waals surface area contributed by atoms with Gasteiger partial charge in [-0.15, -0.1) is 0 Å². The fraction of sp³-hybridized carbons (Fsp3) is 0.179. The van der Waals surface area contributed by atoms with Crippen LogP contribution in [0.3, 0.4) is 0 Å². The first-order valence-corrected chi connectivity index (χ1v) is 13.5. The van der Waals surface area contributed by atoms with Crippen LogP contribution in [0.4, 0.5) is 5.69 Å². The molecule has 4 aromatic rings. The van der Waals surface area contributed by atoms with E-state index < -0.39 is 14.6 Å². The maximum absolute atomic E-state index is 12.7. The summed E-state index contributed by atoms with van der Waals surface area (Å²) in [6.45, 7) is 0.249. The molecule has 39 heavy (non-hydrogen) atoms. The molecule has 4 rings (SSSR count). The number of hydrogen-bond donors (Lipinski definition) is 2. The number of amides is 1. The highest BCUT2D eigenvalue weighted by molar-refractivity contribution is 7.46. The van der Waals surface area contributed by atoms with Gasteiger partial charge in [0.15, 0.2) is 0 Å². The largest absolute Gasteiger partial charge is 0.471 e. The fourth-order valence-electron chi connectivity index (χ4n) is 4.05. The molecule has 200 valence electrons. The van der Waals surface area contributed by atoms with Gasteiger partial charge in [-0.2, -0.15) is 5.26 Å². The third kappa shape index (κ3) is 6.86. The molecule has 0 bridgehead atoms. The lowest BCUT2D eigenvalue weighted by molar-refractivity contribution is -0.113. The number of nitrogens with zero attached hydrogens (tertiary/aromatic N) is 5. The van der Waals surface area contributed by atoms with E-state index in [0.717, 1.165) is 22.3 Å². The average Bonchev–Trinajstić information content (AvgIpc) is 3.29. The van der Waals surface area contributed by atoms with Crippen LogP contribution in [-0.4, -0.2) is 57.8 Å². The Morgan fingerprint density at radius 1 is 1.10 bits per heavy atom. The topological polar surface area (TPSA) is 132 Å². The van der Waals surface area contributed by atoms with Crippen molar-refractivity contribution in [3.05, 3.63) is 84.7 Å². The maximum Gasteiger partial charge on any atom is 0.471 e. The number of phosphoric acid groups is 1. The molecule has 11 heteroatoms. The molecule has 0 unspecified atom stereocenters. The maximum atomic E-state index is 12.7. The number of nitriles is 1. The molecule has 0 atom stereocenters. The highest BCUT2D eigenvalue weighted by atomic mass is 31.2. The monoisotopic (exact) mass is 545 g/mol. The molecule has 2 heterocycles. The van der Waals surface area contributed by atoms with E-state index in [4.69, 9.17) is 4.52 Å². The van der Waals surface area contributed by atoms with Crippen LogP contribution in [0.2, 0.25) is 0 Å². The van der Waals surface area contributed by atoms with Crippen molar-refractivity contribution < 1.29 is 23.7 Å². The summed E-state index contributed by atoms with van der Waals surface area (Å²) in [5, 5.41) is 10.1. The van der Waals surface area contributed by atoms with E-state index in [2.05, 4.69) is 11.1 Å². The molecule has 0 radical (unpaired) electrons. The Bertz CT molecular complexity index is 1630. The summed E-state index contributed by atoms with van der Waals surface area (Å²) in [5.41, 5.74) is 4.72. The number of pyridine rings is 1. The molecular formula is C28H28N5O5P. The number of rotatable bonds is 9. The Morgan fingerprint density at radius 3 is 2.56 bits per heavy atom. The lowest BCUT2D eigenvalue weighted by atomic mass is 10.0. The number of anilines is 1. The molecule has 1 amide bonds. The van der Waals surface area contributed by atoms with Crippen LogP contribution in [0.25, 0.3) is 33.3 Å². The molecule has 10 nitrogen and oxygen atoms in total. The molecule has 2 aromatic carbocycles. The summed E-state index contributed by atoms with van der Waals surface area (Å²) in [7, 11) is 0.860. The highest BCUT2D eigenvalue weighted by Gasteiger charge is 2.18. The van der Waals surface area contributed by atoms with Crippen molar-refractivity contribution in [2.24, 2.45) is 0 Å². The summed E-state index contributed by atoms with van der Waals surface area (Å²) < 4.78 is 17.6. The number of fused-ring (bicyclic) bond motifs is 1. The van der Waals surface area contributed by atoms with Crippen LogP contribution < -0.4 is 4.90 Å². The van der Waals surface area contributed by atoms with Gasteiger partial charge in [-0.1, -0.05) is 30.3 Å². The van der Waals surface area contributed by atoms with Gasteiger partial charge >= 0.3 is 7.82 Å². The first-order chi connectivity index (χ1) is 18.6. The van der Waals surface area contributed by atoms with Gasteiger partial charge in [-0.3, -0.25) is 9.32 Å². The van der Waals surface area contributed by atoms with E-state index >= 15 is 0 Å². The van der Waals surface area contributed by atoms with E-state index in [1.165, 1.54) is 4.57 Å². The minimum absolute atomic E-state index is 0.149. The van der Waals surface area contributed by atoms with Gasteiger partial charge in [0.05, 0.1) is 11.6 Å². The number of likely N-dealkylation sites (N-methyl/N-ethyl adjacent to an activating group) is 2. The highest BCUT2D eigenvalue weighted by Crippen LogP contribution is 2.38. The molecule has 0 aliphatic carbocycles. The van der Waals surface area contributed by atoms with E-state index in [1.807, 2.05) is 61.5 Å². The third-order valence-corrected chi connectivity index (χ3v) is 6.46. The van der Waals surface area contributed by atoms with Crippen molar-refractivity contribution >= 4 is 30.5 Å². The van der Waals surface area contributed by atoms with Gasteiger partial charge in [0.2, 0.25) is 5.91 Å². The third-order valence-electron chi connectivity index (χ3n) is 6.01. The first kappa shape index (κ1) is 27.9. The van der Waals surface area contributed by atoms with Gasteiger partial charge in [-0.05, 0) is 55.6 Å². The number of aromatic nitrogens is 2. The summed E-state index contributed by atoms with van der Waals surface area (Å²) in [6.07, 6.45) is 6.70. The van der Waals surface area contributed by atoms with Crippen LogP contribution in [-0.2, 0) is 20.6 Å². The number of hydrogen-bond acceptors (Lipinski definition) is 6. The number of carbonyl (C=O) groups excluding carboxylic acids is 1. The normalized spacial score (nSPS) is 11.8. The summed E-state index contributed by atoms with van der Waals surface area (Å²) >= 11 is 0. The first-order valence-electron chi connectivity index (χ1n) is 11.9. The van der Waals surface area contributed by atoms with Gasteiger partial charge in [0, 0.05) is 54.3 Å². The van der Waals surface area contributed by atoms with E-state index in [0.29, 0.717) is 28.8 Å². The van der Waals surface area contributed by atoms with Crippen LogP contribution in [0.15, 0.2) is 79.1 Å². The van der Waals surface area contributed by atoms with Gasteiger partial charge in [0.25, 0.3) is 0 Å². The lowest BCUT2D eigenvalue weighted by Crippen LogP contribution is -2.24. The minimum atomic E-state index is -4.71. The average molecular weight is 546 g/mol. The Hall–Kier alpha value is -4.10. The molecule has 0 aliphatic heterocycles. The predicted molar refractivity (Wildman–Crippen MR) is 150 cm³/mol. The van der Waals surface area contributed by atoms with Crippen LogP contribution in [0.1, 0.15) is 5.56 Å². The Kier molecular flexibility index (Phi) is 8.41. The number of benzene rings is 2. The zero-order valence-electron chi connectivity index (χ0n) is 21.7. The SMILES string of the molecule is CN(C)CC=CC(=O)N(C)c1cccc(-c2cnc3c(c2)c(-c2cccc(C#N)c2)cn3COP(=O)(O)O)c1. The summed E-state index contributed by atoms with van der Waals surface area (Å²) in [5.74, 6) is -0.149. The zero-order chi connectivity index (χ0) is 28.2. The van der Waals surface area contributed by atoms with Crippen molar-refractivity contribution in [3.63, 3.8) is 0 Å². The standard InChI is InChI=1S/C28H28N5O5P/c1-31(2)12-6-11-27(34)32(3)24-10-5-8-21(14-24)23-15-25-26(22-9-4-7-20(13-22)16-29)18-33(28(25)30-17-23)19-38-39(35,36)37/h4-11,13-15,17-18H,12,19H2,1-3H3,(H2,35,36,37). The van der Waals surface area contributed by atoms with Crippen molar-refractivity contribution in [1.29, 1.82) is 5.26 Å². The van der Waals surface area contributed by atoms with E-state index in [9.17, 15) is 24.4 Å². The second-order valence-electron chi connectivity index (χ2n) is 9.16. The van der Waals surface area contributed by atoms with Gasteiger partial charge in [0.1, 0.15) is 12.4 Å². The Balaban J connectivity index is 1.75. The smallest absolute Gasteiger partial charge is 0.312 e. The van der Waals surface area contributed by atoms with Crippen molar-refractivity contribution in [3.8, 4) is 28.3 Å². The van der Waals surface area contributed by atoms with Gasteiger partial charge in [-0.25, -0.2) is 9.55 Å². The minimum Gasteiger partial charge on any atom is -0.312 e. The summed E-state index contributed by atoms with van der Waals surface area (Å²) in [6, 6.07) is 18.6. The molecule has 0 fully saturated rings. The second kappa shape index (κ2) is 11.7. The van der Waals surface area contributed by atoms with Crippen LogP contribution in [0.5, 0.6) is 0 Å². The Labute approximate surface area is 226 Å². The molecule has 0 spiro atoms. The zero-order valence-corrected chi connectivity index (χ0v) is 22.6. The van der Waals surface area contributed by atoms with Crippen molar-refractivity contribution in [2.75, 3.05) is 32.6 Å². The van der Waals surface area contributed by atoms with Crippen LogP contribution >= 0.6 is 7.82 Å². The number of carbonyl (C=O) groups is 1. The predicted octanol–water partition coefficient (Wildman–Crippen LogP) is 4.39. The fourth-order valence-corrected chi connectivity index (χ4v) is 4.32. The van der Waals surface area contributed by atoms with Crippen molar-refractivity contribution in [2.45, 2.75) is 6.73 Å². The van der Waals surface area contributed by atoms with E-state index in [-0.39, 0.29) is 5.91 Å². The molecule has 2 aromatic heterocycles. The number of phosphoric ester groups is 1. The van der Waals surface area contributed by atoms with Crippen LogP contribution in [0, 0.1) is 11.3 Å². The Morgan fingerprint density at radius 2 is 1.85 bits per heavy atom. The second-order valence-corrected chi connectivity index (χ2v) is 10.4. The molecule has 0 aliphatic rings. The van der Waals surface area contributed by atoms with E-state index in [1.54, 1.807) is 48.6 Å². The molecule has 0 saturated heterocycles. The lowest BCUT2D eigenvalue weighted by Gasteiger charge is -2.17. The summed E-state index contributed by atoms with van der Waals surface area (Å²) in [4.78, 5) is 39.2. The molecular weight excluding hydrogens is 517 g/mol.